The minimum atomic E-state index is -0.145. The van der Waals surface area contributed by atoms with Gasteiger partial charge in [-0.05, 0) is 54.6 Å². The molecule has 0 amide bonds. The molecule has 0 unspecified atom stereocenters. The Labute approximate surface area is 201 Å². The number of aliphatic hydroxyl groups excluding tert-OH is 3. The van der Waals surface area contributed by atoms with E-state index in [9.17, 15) is 20.4 Å². The fraction of sp³-hybridized carbons (Fsp3) is 0.250. The zero-order chi connectivity index (χ0) is 25.0. The van der Waals surface area contributed by atoms with Crippen molar-refractivity contribution in [3.8, 4) is 17.2 Å². The number of phenolic OH excluding ortho intramolecular Hbond substituents is 2. The first-order chi connectivity index (χ1) is 17.0. The molecule has 0 bridgehead atoms. The van der Waals surface area contributed by atoms with E-state index in [0.29, 0.717) is 35.9 Å². The van der Waals surface area contributed by atoms with Crippen LogP contribution in [0.15, 0.2) is 81.1 Å². The summed E-state index contributed by atoms with van der Waals surface area (Å²) >= 11 is 0. The van der Waals surface area contributed by atoms with Crippen LogP contribution in [0.1, 0.15) is 0 Å². The van der Waals surface area contributed by atoms with Gasteiger partial charge in [0.05, 0.1) is 31.2 Å². The van der Waals surface area contributed by atoms with Gasteiger partial charge in [-0.2, -0.15) is 10.2 Å². The molecule has 0 fully saturated rings. The van der Waals surface area contributed by atoms with Gasteiger partial charge < -0.3 is 35.2 Å². The number of aromatic hydroxyl groups is 2. The van der Waals surface area contributed by atoms with E-state index >= 15 is 0 Å². The van der Waals surface area contributed by atoms with Crippen LogP contribution in [0.2, 0.25) is 0 Å². The van der Waals surface area contributed by atoms with Gasteiger partial charge in [-0.15, -0.1) is 10.2 Å². The van der Waals surface area contributed by atoms with Gasteiger partial charge in [0.15, 0.2) is 0 Å². The van der Waals surface area contributed by atoms with E-state index < -0.39 is 0 Å². The van der Waals surface area contributed by atoms with Crippen LogP contribution in [0.25, 0.3) is 0 Å². The lowest BCUT2D eigenvalue weighted by Crippen LogP contribution is -2.29. The molecule has 0 spiro atoms. The molecule has 184 valence electrons. The lowest BCUT2D eigenvalue weighted by Gasteiger charge is -2.23. The molecule has 0 aromatic heterocycles. The number of benzene rings is 3. The largest absolute Gasteiger partial charge is 0.506 e. The molecule has 5 N–H and O–H groups in total. The molecule has 3 aromatic rings. The van der Waals surface area contributed by atoms with Crippen molar-refractivity contribution in [3.63, 3.8) is 0 Å². The summed E-state index contributed by atoms with van der Waals surface area (Å²) in [5.74, 6) is 0.344. The third-order valence-corrected chi connectivity index (χ3v) is 4.77. The van der Waals surface area contributed by atoms with E-state index in [1.165, 1.54) is 18.2 Å². The third-order valence-electron chi connectivity index (χ3n) is 4.77. The fourth-order valence-electron chi connectivity index (χ4n) is 3.05. The molecule has 3 rings (SSSR count). The van der Waals surface area contributed by atoms with Gasteiger partial charge in [0.25, 0.3) is 0 Å². The third kappa shape index (κ3) is 7.47. The smallest absolute Gasteiger partial charge is 0.145 e. The normalized spacial score (nSPS) is 11.4. The van der Waals surface area contributed by atoms with Crippen LogP contribution < -0.4 is 9.64 Å². The number of ether oxygens (including phenoxy) is 1. The number of azo groups is 2. The molecular weight excluding hydrogens is 454 g/mol. The first-order valence-electron chi connectivity index (χ1n) is 10.8. The maximum absolute atomic E-state index is 10.3. The lowest BCUT2D eigenvalue weighted by molar-refractivity contribution is 0.201. The van der Waals surface area contributed by atoms with Gasteiger partial charge in [0.2, 0.25) is 0 Å². The van der Waals surface area contributed by atoms with Crippen LogP contribution in [0, 0.1) is 0 Å². The van der Waals surface area contributed by atoms with Gasteiger partial charge in [-0.25, -0.2) is 0 Å². The summed E-state index contributed by atoms with van der Waals surface area (Å²) in [6.07, 6.45) is 0. The summed E-state index contributed by atoms with van der Waals surface area (Å²) in [6, 6.07) is 16.0. The molecule has 0 radical (unpaired) electrons. The van der Waals surface area contributed by atoms with Gasteiger partial charge in [-0.3, -0.25) is 0 Å². The van der Waals surface area contributed by atoms with E-state index in [2.05, 4.69) is 20.5 Å². The number of phenols is 2. The Morgan fingerprint density at radius 2 is 1.29 bits per heavy atom. The summed E-state index contributed by atoms with van der Waals surface area (Å²) < 4.78 is 5.30. The number of hydrogen-bond donors (Lipinski definition) is 5. The molecule has 0 saturated carbocycles. The van der Waals surface area contributed by atoms with Gasteiger partial charge >= 0.3 is 0 Å². The van der Waals surface area contributed by atoms with Crippen molar-refractivity contribution in [1.29, 1.82) is 0 Å². The number of aliphatic hydroxyl groups is 3. The van der Waals surface area contributed by atoms with Crippen molar-refractivity contribution in [2.45, 2.75) is 0 Å². The fourth-order valence-corrected chi connectivity index (χ4v) is 3.05. The molecule has 35 heavy (non-hydrogen) atoms. The topological polar surface area (TPSA) is 163 Å². The van der Waals surface area contributed by atoms with Crippen LogP contribution in [-0.2, 0) is 0 Å². The van der Waals surface area contributed by atoms with Crippen molar-refractivity contribution in [3.05, 3.63) is 60.7 Å². The highest BCUT2D eigenvalue weighted by Crippen LogP contribution is 2.36. The van der Waals surface area contributed by atoms with Crippen LogP contribution >= 0.6 is 0 Å². The molecule has 0 aliphatic rings. The van der Waals surface area contributed by atoms with Crippen LogP contribution in [-0.4, -0.2) is 65.0 Å². The first kappa shape index (κ1) is 25.6. The Morgan fingerprint density at radius 1 is 0.629 bits per heavy atom. The summed E-state index contributed by atoms with van der Waals surface area (Å²) in [5.41, 5.74) is 1.94. The van der Waals surface area contributed by atoms with Crippen molar-refractivity contribution in [2.24, 2.45) is 20.5 Å². The molecule has 0 saturated heterocycles. The van der Waals surface area contributed by atoms with Crippen molar-refractivity contribution < 1.29 is 30.3 Å². The second-order valence-corrected chi connectivity index (χ2v) is 7.25. The number of rotatable bonds is 12. The predicted molar refractivity (Wildman–Crippen MR) is 130 cm³/mol. The summed E-state index contributed by atoms with van der Waals surface area (Å²) in [7, 11) is 0. The second kappa shape index (κ2) is 13.0. The number of anilines is 1. The highest BCUT2D eigenvalue weighted by molar-refractivity contribution is 5.62. The Balaban J connectivity index is 1.73. The monoisotopic (exact) mass is 481 g/mol. The summed E-state index contributed by atoms with van der Waals surface area (Å²) in [6.45, 7) is 0.550. The van der Waals surface area contributed by atoms with Crippen LogP contribution in [0.4, 0.5) is 28.4 Å². The highest BCUT2D eigenvalue weighted by Gasteiger charge is 2.09. The average Bonchev–Trinajstić information content (AvgIpc) is 2.87. The molecule has 0 heterocycles. The quantitative estimate of drug-likeness (QED) is 0.243. The SMILES string of the molecule is OCCOc1ccc(N=Nc2ccc(O)c(N=Nc3ccc(N(CCO)CCO)cc3O)c2)cc1. The zero-order valence-electron chi connectivity index (χ0n) is 18.9. The molecule has 0 aliphatic carbocycles. The van der Waals surface area contributed by atoms with Crippen molar-refractivity contribution >= 4 is 28.4 Å². The number of nitrogens with zero attached hydrogens (tertiary/aromatic N) is 5. The maximum atomic E-state index is 10.3. The second-order valence-electron chi connectivity index (χ2n) is 7.25. The van der Waals surface area contributed by atoms with E-state index in [4.69, 9.17) is 9.84 Å². The molecule has 11 nitrogen and oxygen atoms in total. The van der Waals surface area contributed by atoms with Gasteiger partial charge in [0, 0.05) is 24.8 Å². The first-order valence-corrected chi connectivity index (χ1v) is 10.8. The number of hydrogen-bond acceptors (Lipinski definition) is 11. The average molecular weight is 482 g/mol. The maximum Gasteiger partial charge on any atom is 0.145 e. The Hall–Kier alpha value is -4.06. The van der Waals surface area contributed by atoms with Crippen LogP contribution in [0.5, 0.6) is 17.2 Å². The predicted octanol–water partition coefficient (Wildman–Crippen LogP) is 4.09. The minimum absolute atomic E-state index is 0.0687. The van der Waals surface area contributed by atoms with Crippen molar-refractivity contribution in [1.82, 2.24) is 0 Å². The Bertz CT molecular complexity index is 1150. The van der Waals surface area contributed by atoms with E-state index in [1.54, 1.807) is 47.4 Å². The van der Waals surface area contributed by atoms with Crippen molar-refractivity contribution in [2.75, 3.05) is 44.4 Å². The minimum Gasteiger partial charge on any atom is -0.506 e. The Morgan fingerprint density at radius 3 is 1.94 bits per heavy atom. The summed E-state index contributed by atoms with van der Waals surface area (Å²) in [4.78, 5) is 1.72. The molecule has 3 aromatic carbocycles. The molecule has 11 heteroatoms. The van der Waals surface area contributed by atoms with E-state index in [0.717, 1.165) is 0 Å². The standard InChI is InChI=1S/C24H27N5O6/c30-11-9-29(10-12-31)19-4-7-21(24(34)16-19)27-28-22-15-18(3-8-23(22)33)26-25-17-1-5-20(6-2-17)35-14-13-32/h1-8,15-16,30-34H,9-14H2. The Kier molecular flexibility index (Phi) is 9.49. The highest BCUT2D eigenvalue weighted by atomic mass is 16.5. The lowest BCUT2D eigenvalue weighted by atomic mass is 10.2. The molecule has 0 aliphatic heterocycles. The van der Waals surface area contributed by atoms with Gasteiger partial charge in [-0.1, -0.05) is 0 Å². The summed E-state index contributed by atoms with van der Waals surface area (Å²) in [5, 5.41) is 63.9. The zero-order valence-corrected chi connectivity index (χ0v) is 18.9. The van der Waals surface area contributed by atoms with Crippen LogP contribution in [0.3, 0.4) is 0 Å². The van der Waals surface area contributed by atoms with Gasteiger partial charge in [0.1, 0.15) is 35.2 Å². The molecular formula is C24H27N5O6. The molecule has 0 atom stereocenters. The van der Waals surface area contributed by atoms with E-state index in [1.807, 2.05) is 0 Å². The van der Waals surface area contributed by atoms with E-state index in [-0.39, 0.29) is 49.3 Å².